The second kappa shape index (κ2) is 8.64. The van der Waals surface area contributed by atoms with E-state index in [2.05, 4.69) is 31.9 Å². The van der Waals surface area contributed by atoms with E-state index in [0.717, 1.165) is 43.0 Å². The molecular weight excluding hydrogens is 444 g/mol. The zero-order valence-corrected chi connectivity index (χ0v) is 19.5. The SMILES string of the molecule is CN1CCN(c2nccc3oc(-c4cnc5ccc(OCCCS(C)(=O)=O)nn45)cc23)CC1. The monoisotopic (exact) mass is 470 g/mol. The van der Waals surface area contributed by atoms with Gasteiger partial charge in [-0.2, -0.15) is 0 Å². The number of aromatic nitrogens is 4. The number of imidazole rings is 1. The number of nitrogens with zero attached hydrogens (tertiary/aromatic N) is 6. The Hall–Kier alpha value is -3.18. The summed E-state index contributed by atoms with van der Waals surface area (Å²) >= 11 is 0. The lowest BCUT2D eigenvalue weighted by molar-refractivity contribution is 0.301. The van der Waals surface area contributed by atoms with Gasteiger partial charge in [-0.25, -0.2) is 22.9 Å². The summed E-state index contributed by atoms with van der Waals surface area (Å²) in [6, 6.07) is 7.38. The van der Waals surface area contributed by atoms with E-state index in [9.17, 15) is 8.42 Å². The van der Waals surface area contributed by atoms with E-state index in [1.807, 2.05) is 18.2 Å². The molecule has 33 heavy (non-hydrogen) atoms. The molecule has 0 amide bonds. The Balaban J connectivity index is 1.42. The number of piperazine rings is 1. The van der Waals surface area contributed by atoms with Gasteiger partial charge in [0.1, 0.15) is 26.9 Å². The van der Waals surface area contributed by atoms with E-state index in [0.29, 0.717) is 29.4 Å². The maximum Gasteiger partial charge on any atom is 0.231 e. The Kier molecular flexibility index (Phi) is 5.67. The predicted octanol–water partition coefficient (Wildman–Crippen LogP) is 2.10. The van der Waals surface area contributed by atoms with Crippen LogP contribution in [0.1, 0.15) is 6.42 Å². The number of hydrogen-bond acceptors (Lipinski definition) is 9. The number of sulfone groups is 1. The van der Waals surface area contributed by atoms with Crippen molar-refractivity contribution in [3.05, 3.63) is 36.7 Å². The summed E-state index contributed by atoms with van der Waals surface area (Å²) in [4.78, 5) is 13.7. The lowest BCUT2D eigenvalue weighted by Gasteiger charge is -2.33. The van der Waals surface area contributed by atoms with E-state index >= 15 is 0 Å². The largest absolute Gasteiger partial charge is 0.477 e. The summed E-state index contributed by atoms with van der Waals surface area (Å²) in [6.45, 7) is 4.08. The van der Waals surface area contributed by atoms with Gasteiger partial charge >= 0.3 is 0 Å². The minimum Gasteiger partial charge on any atom is -0.477 e. The van der Waals surface area contributed by atoms with Gasteiger partial charge in [0.15, 0.2) is 11.4 Å². The average molecular weight is 471 g/mol. The molecule has 1 fully saturated rings. The molecule has 0 spiro atoms. The summed E-state index contributed by atoms with van der Waals surface area (Å²) in [6.07, 6.45) is 5.11. The molecule has 1 aliphatic heterocycles. The molecule has 1 saturated heterocycles. The lowest BCUT2D eigenvalue weighted by atomic mass is 10.2. The topological polar surface area (TPSA) is 106 Å². The van der Waals surface area contributed by atoms with Gasteiger partial charge in [-0.1, -0.05) is 0 Å². The number of rotatable bonds is 7. The van der Waals surface area contributed by atoms with Crippen LogP contribution in [0.4, 0.5) is 5.82 Å². The fourth-order valence-corrected chi connectivity index (χ4v) is 4.59. The van der Waals surface area contributed by atoms with Crippen molar-refractivity contribution >= 4 is 32.3 Å². The van der Waals surface area contributed by atoms with Gasteiger partial charge in [0.25, 0.3) is 0 Å². The maximum atomic E-state index is 11.3. The third-order valence-corrected chi connectivity index (χ3v) is 6.76. The predicted molar refractivity (Wildman–Crippen MR) is 126 cm³/mol. The molecule has 5 rings (SSSR count). The van der Waals surface area contributed by atoms with Crippen molar-refractivity contribution in [1.29, 1.82) is 0 Å². The molecule has 174 valence electrons. The number of ether oxygens (including phenoxy) is 1. The van der Waals surface area contributed by atoms with Crippen LogP contribution in [0.5, 0.6) is 5.88 Å². The molecule has 0 atom stereocenters. The minimum atomic E-state index is -3.01. The summed E-state index contributed by atoms with van der Waals surface area (Å²) in [5, 5.41) is 5.49. The van der Waals surface area contributed by atoms with Gasteiger partial charge < -0.3 is 19.0 Å². The molecule has 4 aromatic heterocycles. The highest BCUT2D eigenvalue weighted by Crippen LogP contribution is 2.33. The van der Waals surface area contributed by atoms with Crippen molar-refractivity contribution in [2.75, 3.05) is 56.7 Å². The van der Waals surface area contributed by atoms with Crippen LogP contribution in [-0.4, -0.2) is 84.7 Å². The quantitative estimate of drug-likeness (QED) is 0.375. The minimum absolute atomic E-state index is 0.0776. The van der Waals surface area contributed by atoms with Crippen molar-refractivity contribution < 1.29 is 17.6 Å². The molecule has 0 unspecified atom stereocenters. The van der Waals surface area contributed by atoms with Gasteiger partial charge in [-0.3, -0.25) is 0 Å². The Morgan fingerprint density at radius 3 is 2.73 bits per heavy atom. The van der Waals surface area contributed by atoms with Gasteiger partial charge in [0, 0.05) is 44.7 Å². The number of fused-ring (bicyclic) bond motifs is 2. The molecule has 0 aliphatic carbocycles. The van der Waals surface area contributed by atoms with Crippen LogP contribution in [-0.2, 0) is 9.84 Å². The van der Waals surface area contributed by atoms with Crippen LogP contribution in [0.2, 0.25) is 0 Å². The first-order chi connectivity index (χ1) is 15.9. The highest BCUT2D eigenvalue weighted by Gasteiger charge is 2.21. The van der Waals surface area contributed by atoms with Crippen molar-refractivity contribution in [1.82, 2.24) is 24.5 Å². The summed E-state index contributed by atoms with van der Waals surface area (Å²) in [5.41, 5.74) is 2.12. The standard InChI is InChI=1S/C22H26N6O4S/c1-26-8-10-27(11-9-26)22-16-14-19(32-18(16)6-7-23-22)17-15-24-20-4-5-21(25-28(17)20)31-12-3-13-33(2,29)30/h4-7,14-15H,3,8-13H2,1-2H3. The molecular formula is C22H26N6O4S. The van der Waals surface area contributed by atoms with Crippen LogP contribution in [0.3, 0.4) is 0 Å². The van der Waals surface area contributed by atoms with Crippen molar-refractivity contribution in [2.24, 2.45) is 0 Å². The lowest BCUT2D eigenvalue weighted by Crippen LogP contribution is -2.44. The third kappa shape index (κ3) is 4.64. The van der Waals surface area contributed by atoms with Gasteiger partial charge in [-0.15, -0.1) is 5.10 Å². The Labute approximate surface area is 191 Å². The van der Waals surface area contributed by atoms with E-state index in [-0.39, 0.29) is 12.4 Å². The molecule has 0 radical (unpaired) electrons. The second-order valence-electron chi connectivity index (χ2n) is 8.36. The highest BCUT2D eigenvalue weighted by molar-refractivity contribution is 7.90. The first kappa shape index (κ1) is 21.7. The molecule has 5 heterocycles. The third-order valence-electron chi connectivity index (χ3n) is 5.73. The van der Waals surface area contributed by atoms with Crippen molar-refractivity contribution in [3.63, 3.8) is 0 Å². The van der Waals surface area contributed by atoms with Crippen molar-refractivity contribution in [2.45, 2.75) is 6.42 Å². The van der Waals surface area contributed by atoms with E-state index < -0.39 is 9.84 Å². The summed E-state index contributed by atoms with van der Waals surface area (Å²) in [5.74, 6) is 2.04. The smallest absolute Gasteiger partial charge is 0.231 e. The molecule has 4 aromatic rings. The zero-order chi connectivity index (χ0) is 23.0. The van der Waals surface area contributed by atoms with Crippen LogP contribution >= 0.6 is 0 Å². The normalized spacial score (nSPS) is 15.5. The van der Waals surface area contributed by atoms with Gasteiger partial charge in [0.05, 0.1) is 23.9 Å². The van der Waals surface area contributed by atoms with E-state index in [1.165, 1.54) is 6.26 Å². The molecule has 0 saturated carbocycles. The molecule has 0 bridgehead atoms. The molecule has 1 aliphatic rings. The fourth-order valence-electron chi connectivity index (χ4n) is 3.94. The number of hydrogen-bond donors (Lipinski definition) is 0. The first-order valence-electron chi connectivity index (χ1n) is 10.9. The van der Waals surface area contributed by atoms with Crippen molar-refractivity contribution in [3.8, 4) is 17.3 Å². The Bertz CT molecular complexity index is 1390. The number of pyridine rings is 1. The van der Waals surface area contributed by atoms with Gasteiger partial charge in [-0.05, 0) is 31.7 Å². The molecule has 0 N–H and O–H groups in total. The molecule has 0 aromatic carbocycles. The van der Waals surface area contributed by atoms with Gasteiger partial charge in [0.2, 0.25) is 5.88 Å². The maximum absolute atomic E-state index is 11.3. The summed E-state index contributed by atoms with van der Waals surface area (Å²) in [7, 11) is -0.886. The van der Waals surface area contributed by atoms with Crippen LogP contribution in [0, 0.1) is 0 Å². The Morgan fingerprint density at radius 2 is 1.94 bits per heavy atom. The van der Waals surface area contributed by atoms with E-state index in [1.54, 1.807) is 23.0 Å². The average Bonchev–Trinajstić information content (AvgIpc) is 3.40. The fraction of sp³-hybridized carbons (Fsp3) is 0.409. The Morgan fingerprint density at radius 1 is 1.12 bits per heavy atom. The van der Waals surface area contributed by atoms with Crippen LogP contribution in [0.25, 0.3) is 28.1 Å². The number of likely N-dealkylation sites (N-methyl/N-ethyl adjacent to an activating group) is 1. The zero-order valence-electron chi connectivity index (χ0n) is 18.6. The summed E-state index contributed by atoms with van der Waals surface area (Å²) < 4.78 is 36.1. The first-order valence-corrected chi connectivity index (χ1v) is 12.9. The number of furan rings is 1. The second-order valence-corrected chi connectivity index (χ2v) is 10.6. The van der Waals surface area contributed by atoms with E-state index in [4.69, 9.17) is 9.15 Å². The number of anilines is 1. The van der Waals surface area contributed by atoms with Crippen LogP contribution < -0.4 is 9.64 Å². The molecule has 11 heteroatoms. The molecule has 10 nitrogen and oxygen atoms in total. The highest BCUT2D eigenvalue weighted by atomic mass is 32.2. The van der Waals surface area contributed by atoms with Crippen LogP contribution in [0.15, 0.2) is 41.1 Å².